The fourth-order valence-electron chi connectivity index (χ4n) is 8.36. The van der Waals surface area contributed by atoms with E-state index in [-0.39, 0.29) is 52.5 Å². The number of carbonyl (C=O) groups excluding carboxylic acids is 4. The standard InChI is InChI=1S/C15H23N5O4S.2C10H13BrN4O2S.C10H18O5.C9H14BrN3O2S.C7H6BrNO.CBrN/c1-14(2,3)24-13(21)18-12-19-15(4,9-25(22,23)20(12)5)10-7-6-8-11(16)17-10;2*1-10(7-4-3-5-8(11)13-7)6-18(16,17)15(2)9(12)14-10;1-9(2,3)14-7(11)13-8(12)15-10(4,5)6;1-9(11,6-16(14,15)12-2)7-4-3-5-8(10)13-7;1-5(10)6-3-2-4-7(8)9-6;2-1-3/h6-8H,9H2,1-5H3,(H2,16,17)(H,18,19,21);2*3-5H,6H2,1-2H3,(H2,12,14);1-6H3;3-5,12H,6,11H2,1-2H3;2-4H,1H3;/t15-;2*10-;;9-;;/m000.0../s1. The number of ether oxygens (including phenoxy) is 4. The Morgan fingerprint density at radius 1 is 0.562 bits per heavy atom. The molecule has 0 bridgehead atoms. The Kier molecular flexibility index (Phi) is 34.1. The number of nitrogens with zero attached hydrogens (tertiary/aromatic N) is 12. The molecule has 580 valence electrons. The minimum atomic E-state index is -3.72. The highest BCUT2D eigenvalue weighted by Gasteiger charge is 2.45. The summed E-state index contributed by atoms with van der Waals surface area (Å²) in [4.78, 5) is 80.0. The second-order valence-electron chi connectivity index (χ2n) is 26.4. The number of nitrogen functional groups attached to an aromatic ring is 1. The van der Waals surface area contributed by atoms with E-state index in [1.807, 2.05) is 0 Å². The first-order valence-electron chi connectivity index (χ1n) is 30.5. The van der Waals surface area contributed by atoms with Crippen molar-refractivity contribution >= 4 is 168 Å². The lowest BCUT2D eigenvalue weighted by Gasteiger charge is -2.35. The van der Waals surface area contributed by atoms with Crippen LogP contribution in [0, 0.1) is 10.2 Å². The summed E-state index contributed by atoms with van der Waals surface area (Å²) in [7, 11) is -8.54. The van der Waals surface area contributed by atoms with E-state index in [4.69, 9.17) is 42.4 Å². The number of anilines is 1. The molecule has 5 aromatic rings. The number of carbonyl (C=O) groups is 4. The van der Waals surface area contributed by atoms with Crippen molar-refractivity contribution in [2.45, 2.75) is 136 Å². The molecular weight excluding hydrogens is 1780 g/mol. The first-order valence-corrected chi connectivity index (χ1v) is 40.9. The number of amides is 1. The summed E-state index contributed by atoms with van der Waals surface area (Å²) in [6, 6.07) is 26.0. The number of alkyl carbamates (subject to hydrolysis) is 1. The molecule has 1 amide bonds. The van der Waals surface area contributed by atoms with Crippen molar-refractivity contribution in [2.75, 3.05) is 56.9 Å². The van der Waals surface area contributed by atoms with Gasteiger partial charge in [0.05, 0.1) is 34.1 Å². The average molecular weight is 1870 g/mol. The molecule has 0 saturated carbocycles. The van der Waals surface area contributed by atoms with Crippen molar-refractivity contribution in [3.8, 4) is 4.98 Å². The number of ketones is 1. The highest BCUT2D eigenvalue weighted by Crippen LogP contribution is 2.34. The van der Waals surface area contributed by atoms with Crippen LogP contribution in [-0.4, -0.2) is 182 Å². The Morgan fingerprint density at radius 3 is 1.24 bits per heavy atom. The van der Waals surface area contributed by atoms with Crippen molar-refractivity contribution < 1.29 is 71.8 Å². The molecule has 0 unspecified atom stereocenters. The molecule has 3 aliphatic rings. The molecule has 34 nitrogen and oxygen atoms in total. The van der Waals surface area contributed by atoms with Gasteiger partial charge in [0.1, 0.15) is 85.6 Å². The topological polar surface area (TPSA) is 505 Å². The van der Waals surface area contributed by atoms with E-state index in [0.717, 1.165) is 12.9 Å². The fourth-order valence-corrected chi connectivity index (χ4v) is 15.2. The molecule has 8 heterocycles. The summed E-state index contributed by atoms with van der Waals surface area (Å²) in [5, 5.41) is 9.63. The van der Waals surface area contributed by atoms with Crippen molar-refractivity contribution in [1.29, 1.82) is 5.26 Å². The van der Waals surface area contributed by atoms with Gasteiger partial charge in [0.2, 0.25) is 58.0 Å². The zero-order chi connectivity index (χ0) is 81.1. The van der Waals surface area contributed by atoms with E-state index >= 15 is 0 Å². The van der Waals surface area contributed by atoms with Gasteiger partial charge in [-0.05, 0) is 221 Å². The quantitative estimate of drug-likeness (QED) is 0.0278. The zero-order valence-electron chi connectivity index (χ0n) is 60.7. The molecule has 3 aliphatic heterocycles. The molecule has 105 heavy (non-hydrogen) atoms. The average Bonchev–Trinajstić information content (AvgIpc) is 0.753. The van der Waals surface area contributed by atoms with E-state index in [2.05, 4.69) is 134 Å². The van der Waals surface area contributed by atoms with Crippen LogP contribution >= 0.6 is 79.6 Å². The maximum absolute atomic E-state index is 12.5. The van der Waals surface area contributed by atoms with Crippen LogP contribution in [0.5, 0.6) is 0 Å². The van der Waals surface area contributed by atoms with Crippen LogP contribution in [0.1, 0.15) is 130 Å². The zero-order valence-corrected chi connectivity index (χ0v) is 71.9. The Bertz CT molecular complexity index is 4410. The smallest absolute Gasteiger partial charge is 0.444 e. The van der Waals surface area contributed by atoms with Crippen molar-refractivity contribution in [1.82, 2.24) is 47.9 Å². The molecule has 0 aromatic carbocycles. The van der Waals surface area contributed by atoms with Gasteiger partial charge in [-0.25, -0.2) is 106 Å². The van der Waals surface area contributed by atoms with E-state index in [9.17, 15) is 52.8 Å². The minimum absolute atomic E-state index is 0.0127. The third-order valence-electron chi connectivity index (χ3n) is 13.3. The van der Waals surface area contributed by atoms with Gasteiger partial charge in [0, 0.05) is 44.0 Å². The molecule has 43 heteroatoms. The van der Waals surface area contributed by atoms with Gasteiger partial charge in [-0.15, -0.1) is 0 Å². The maximum atomic E-state index is 12.5. The molecule has 8 rings (SSSR count). The lowest BCUT2D eigenvalue weighted by Crippen LogP contribution is -2.54. The van der Waals surface area contributed by atoms with Crippen molar-refractivity contribution in [3.63, 3.8) is 0 Å². The molecule has 4 atom stereocenters. The summed E-state index contributed by atoms with van der Waals surface area (Å²) < 4.78 is 123. The molecule has 0 aliphatic carbocycles. The highest BCUT2D eigenvalue weighted by molar-refractivity contribution is 9.12. The lowest BCUT2D eigenvalue weighted by atomic mass is 10.0. The summed E-state index contributed by atoms with van der Waals surface area (Å²) in [6.07, 6.45) is -2.91. The number of hydrogen-bond donors (Lipinski definition) is 6. The third kappa shape index (κ3) is 31.7. The van der Waals surface area contributed by atoms with Crippen molar-refractivity contribution in [2.24, 2.45) is 32.2 Å². The lowest BCUT2D eigenvalue weighted by molar-refractivity contribution is -0.0294. The first kappa shape index (κ1) is 93.9. The van der Waals surface area contributed by atoms with Crippen LogP contribution in [0.25, 0.3) is 0 Å². The minimum Gasteiger partial charge on any atom is -0.444 e. The molecule has 0 spiro atoms. The number of Topliss-reactive ketones (excluding diaryl/α,β-unsaturated/α-hetero) is 1. The summed E-state index contributed by atoms with van der Waals surface area (Å²) >= 11 is 15.4. The van der Waals surface area contributed by atoms with Gasteiger partial charge in [0.25, 0.3) is 0 Å². The Hall–Kier alpha value is -7.15. The van der Waals surface area contributed by atoms with Gasteiger partial charge < -0.3 is 41.9 Å². The van der Waals surface area contributed by atoms with Crippen LogP contribution in [0.3, 0.4) is 0 Å². The van der Waals surface area contributed by atoms with Crippen molar-refractivity contribution in [3.05, 3.63) is 138 Å². The molecule has 5 aromatic heterocycles. The number of hydrogen-bond acceptors (Lipinski definition) is 29. The van der Waals surface area contributed by atoms with Crippen LogP contribution in [-0.2, 0) is 81.2 Å². The number of guanidine groups is 3. The largest absolute Gasteiger partial charge is 0.519 e. The van der Waals surface area contributed by atoms with Gasteiger partial charge in [-0.2, -0.15) is 5.26 Å². The fraction of sp³-hybridized carbons (Fsp3) is 0.468. The number of aliphatic imine (C=N–C) groups is 3. The molecular formula is C62H87Br5N18O16S4. The number of nitrogens with two attached hydrogens (primary N) is 4. The number of sulfonamides is 4. The third-order valence-corrected chi connectivity index (χ3v) is 22.5. The Balaban J connectivity index is 0.000000432. The van der Waals surface area contributed by atoms with Gasteiger partial charge in [-0.3, -0.25) is 10.1 Å². The summed E-state index contributed by atoms with van der Waals surface area (Å²) in [5.41, 5.74) is 19.3. The number of nitriles is 1. The van der Waals surface area contributed by atoms with E-state index in [1.54, 1.807) is 186 Å². The number of rotatable bonds is 8. The summed E-state index contributed by atoms with van der Waals surface area (Å²) in [5.74, 6) is -0.746. The van der Waals surface area contributed by atoms with Crippen LogP contribution < -0.4 is 33.0 Å². The van der Waals surface area contributed by atoms with Crippen LogP contribution in [0.15, 0.2) is 124 Å². The van der Waals surface area contributed by atoms with Gasteiger partial charge in [0.15, 0.2) is 5.78 Å². The van der Waals surface area contributed by atoms with Crippen LogP contribution in [0.4, 0.5) is 20.2 Å². The second-order valence-corrected chi connectivity index (χ2v) is 37.9. The second kappa shape index (κ2) is 38.1. The predicted octanol–water partition coefficient (Wildman–Crippen LogP) is 8.68. The highest BCUT2D eigenvalue weighted by atomic mass is 79.9. The van der Waals surface area contributed by atoms with E-state index in [0.29, 0.717) is 46.9 Å². The molecule has 10 N–H and O–H groups in total. The molecule has 0 saturated heterocycles. The number of nitrogens with one attached hydrogen (secondary N) is 2. The monoisotopic (exact) mass is 1860 g/mol. The number of halogens is 5. The maximum Gasteiger partial charge on any atom is 0.519 e. The Morgan fingerprint density at radius 2 is 0.905 bits per heavy atom. The SMILES string of the molecule is CC(=O)c1cccc(Br)n1.CC(C)(C)OC(=O)OC(=O)OC(C)(C)C.CN1C(N)=N[C@](C)(c2cccc(Br)n2)CS1(=O)=O.CN1C(N)=N[C@](C)(c2cccc(Br)n2)CS1(=O)=O.CN1C(NC(=O)OC(C)(C)C)=N[C@](C)(c2cccc(N)n2)CS1(=O)=O.CNS(=O)(=O)C[C@](C)(N)c1cccc(Br)n1.N#CBr. The summed E-state index contributed by atoms with van der Waals surface area (Å²) in [6.45, 7) is 23.3. The molecule has 0 radical (unpaired) electrons. The predicted molar refractivity (Wildman–Crippen MR) is 416 cm³/mol. The first-order chi connectivity index (χ1) is 47.7. The molecule has 0 fully saturated rings. The van der Waals surface area contributed by atoms with Gasteiger partial charge >= 0.3 is 18.4 Å². The normalized spacial score (nSPS) is 19.7. The number of pyridine rings is 5. The van der Waals surface area contributed by atoms with E-state index < -0.39 is 97.5 Å². The van der Waals surface area contributed by atoms with E-state index in [1.165, 1.54) is 35.1 Å². The Labute approximate surface area is 655 Å². The van der Waals surface area contributed by atoms with Gasteiger partial charge in [-0.1, -0.05) is 30.3 Å². The number of aromatic nitrogens is 5. The van der Waals surface area contributed by atoms with Crippen LogP contribution in [0.2, 0.25) is 0 Å².